The molecule has 3 rings (SSSR count). The number of halogens is 1. The number of rotatable bonds is 8. The summed E-state index contributed by atoms with van der Waals surface area (Å²) in [6.07, 6.45) is 2.04. The molecule has 1 aliphatic rings. The van der Waals surface area contributed by atoms with Crippen LogP contribution in [-0.2, 0) is 14.3 Å². The summed E-state index contributed by atoms with van der Waals surface area (Å²) in [6, 6.07) is 9.09. The summed E-state index contributed by atoms with van der Waals surface area (Å²) in [5, 5.41) is 4.78. The molecule has 1 saturated heterocycles. The van der Waals surface area contributed by atoms with E-state index in [0.29, 0.717) is 36.9 Å². The van der Waals surface area contributed by atoms with E-state index in [1.807, 2.05) is 36.1 Å². The minimum absolute atomic E-state index is 0.0857. The molecule has 0 bridgehead atoms. The molecule has 8 heteroatoms. The van der Waals surface area contributed by atoms with Crippen LogP contribution in [0.25, 0.3) is 10.8 Å². The predicted octanol–water partition coefficient (Wildman–Crippen LogP) is 4.59. The van der Waals surface area contributed by atoms with Gasteiger partial charge in [0.05, 0.1) is 18.8 Å². The van der Waals surface area contributed by atoms with Crippen LogP contribution in [0.15, 0.2) is 30.3 Å². The molecule has 1 N–H and O–H groups in total. The number of nitrogens with zero attached hydrogens (tertiary/aromatic N) is 1. The Morgan fingerprint density at radius 1 is 1.15 bits per heavy atom. The SMILES string of the molecule is CCOC(=O)C(C)(CC)NC(=O)c1cc(Cl)c2ccccc2c1OCC1CCN(C(C)=O)CC1. The van der Waals surface area contributed by atoms with E-state index in [1.54, 1.807) is 26.8 Å². The molecule has 2 amide bonds. The number of ether oxygens (including phenoxy) is 2. The average molecular weight is 489 g/mol. The van der Waals surface area contributed by atoms with Crippen LogP contribution in [0.4, 0.5) is 0 Å². The Bertz CT molecular complexity index is 1060. The summed E-state index contributed by atoms with van der Waals surface area (Å²) in [4.78, 5) is 39.4. The minimum Gasteiger partial charge on any atom is -0.492 e. The second-order valence-electron chi connectivity index (χ2n) is 8.90. The third kappa shape index (κ3) is 5.63. The zero-order valence-electron chi connectivity index (χ0n) is 20.3. The molecular weight excluding hydrogens is 456 g/mol. The highest BCUT2D eigenvalue weighted by Crippen LogP contribution is 2.36. The van der Waals surface area contributed by atoms with Gasteiger partial charge in [0, 0.05) is 35.8 Å². The molecular formula is C26H33ClN2O5. The van der Waals surface area contributed by atoms with Gasteiger partial charge in [-0.15, -0.1) is 0 Å². The highest BCUT2D eigenvalue weighted by Gasteiger charge is 2.36. The Morgan fingerprint density at radius 3 is 2.38 bits per heavy atom. The first kappa shape index (κ1) is 25.8. The fraction of sp³-hybridized carbons (Fsp3) is 0.500. The van der Waals surface area contributed by atoms with Gasteiger partial charge in [0.1, 0.15) is 11.3 Å². The highest BCUT2D eigenvalue weighted by atomic mass is 35.5. The van der Waals surface area contributed by atoms with Crippen molar-refractivity contribution in [3.8, 4) is 5.75 Å². The van der Waals surface area contributed by atoms with Crippen LogP contribution in [0.5, 0.6) is 5.75 Å². The molecule has 0 radical (unpaired) electrons. The van der Waals surface area contributed by atoms with E-state index in [0.717, 1.165) is 23.6 Å². The number of esters is 1. The van der Waals surface area contributed by atoms with Gasteiger partial charge in [-0.05, 0) is 45.1 Å². The van der Waals surface area contributed by atoms with Crippen molar-refractivity contribution in [1.82, 2.24) is 10.2 Å². The molecule has 0 aliphatic carbocycles. The quantitative estimate of drug-likeness (QED) is 0.549. The lowest BCUT2D eigenvalue weighted by Crippen LogP contribution is -2.52. The highest BCUT2D eigenvalue weighted by molar-refractivity contribution is 6.36. The lowest BCUT2D eigenvalue weighted by molar-refractivity contribution is -0.150. The molecule has 0 aromatic heterocycles. The Kier molecular flexibility index (Phi) is 8.42. The predicted molar refractivity (Wildman–Crippen MR) is 132 cm³/mol. The number of piperidine rings is 1. The minimum atomic E-state index is -1.18. The van der Waals surface area contributed by atoms with Crippen molar-refractivity contribution in [2.45, 2.75) is 52.5 Å². The Balaban J connectivity index is 1.89. The standard InChI is InChI=1S/C26H33ClN2O5/c1-5-26(4,25(32)33-6-2)28-24(31)21-15-22(27)19-9-7-8-10-20(19)23(21)34-16-18-11-13-29(14-12-18)17(3)30/h7-10,15,18H,5-6,11-14,16H2,1-4H3,(H,28,31). The monoisotopic (exact) mass is 488 g/mol. The number of carbonyl (C=O) groups is 3. The summed E-state index contributed by atoms with van der Waals surface area (Å²) in [5.74, 6) is -0.151. The van der Waals surface area contributed by atoms with Gasteiger partial charge in [-0.2, -0.15) is 0 Å². The number of likely N-dealkylation sites (tertiary alicyclic amines) is 1. The van der Waals surface area contributed by atoms with Crippen LogP contribution in [0.2, 0.25) is 5.02 Å². The zero-order chi connectivity index (χ0) is 24.9. The summed E-state index contributed by atoms with van der Waals surface area (Å²) < 4.78 is 11.5. The zero-order valence-corrected chi connectivity index (χ0v) is 21.0. The molecule has 1 atom stereocenters. The summed E-state index contributed by atoms with van der Waals surface area (Å²) in [6.45, 7) is 8.82. The number of hydrogen-bond donors (Lipinski definition) is 1. The van der Waals surface area contributed by atoms with Gasteiger partial charge in [-0.25, -0.2) is 4.79 Å². The third-order valence-electron chi connectivity index (χ3n) is 6.54. The molecule has 1 aliphatic heterocycles. The van der Waals surface area contributed by atoms with Gasteiger partial charge in [-0.3, -0.25) is 9.59 Å². The molecule has 184 valence electrons. The first-order chi connectivity index (χ1) is 16.2. The first-order valence-electron chi connectivity index (χ1n) is 11.8. The van der Waals surface area contributed by atoms with Crippen molar-refractivity contribution < 1.29 is 23.9 Å². The molecule has 2 aromatic carbocycles. The van der Waals surface area contributed by atoms with Crippen LogP contribution in [0, 0.1) is 5.92 Å². The van der Waals surface area contributed by atoms with Crippen LogP contribution < -0.4 is 10.1 Å². The van der Waals surface area contributed by atoms with Crippen LogP contribution in [-0.4, -0.2) is 54.5 Å². The maximum Gasteiger partial charge on any atom is 0.331 e. The Labute approximate surface area is 205 Å². The fourth-order valence-electron chi connectivity index (χ4n) is 4.14. The smallest absolute Gasteiger partial charge is 0.331 e. The number of fused-ring (bicyclic) bond motifs is 1. The van der Waals surface area contributed by atoms with Gasteiger partial charge < -0.3 is 19.7 Å². The van der Waals surface area contributed by atoms with Gasteiger partial charge in [0.25, 0.3) is 5.91 Å². The van der Waals surface area contributed by atoms with E-state index >= 15 is 0 Å². The first-order valence-corrected chi connectivity index (χ1v) is 12.2. The third-order valence-corrected chi connectivity index (χ3v) is 6.85. The van der Waals surface area contributed by atoms with E-state index in [-0.39, 0.29) is 24.0 Å². The number of carbonyl (C=O) groups excluding carboxylic acids is 3. The number of amides is 2. The largest absolute Gasteiger partial charge is 0.492 e. The normalized spacial score (nSPS) is 16.1. The molecule has 7 nitrogen and oxygen atoms in total. The molecule has 0 saturated carbocycles. The molecule has 0 spiro atoms. The van der Waals surface area contributed by atoms with E-state index in [9.17, 15) is 14.4 Å². The van der Waals surface area contributed by atoms with Crippen molar-refractivity contribution in [2.75, 3.05) is 26.3 Å². The van der Waals surface area contributed by atoms with Crippen LogP contribution in [0.1, 0.15) is 57.3 Å². The van der Waals surface area contributed by atoms with E-state index < -0.39 is 17.4 Å². The molecule has 1 fully saturated rings. The number of nitrogens with one attached hydrogen (secondary N) is 1. The van der Waals surface area contributed by atoms with Crippen molar-refractivity contribution in [3.63, 3.8) is 0 Å². The van der Waals surface area contributed by atoms with Crippen molar-refractivity contribution >= 4 is 40.2 Å². The summed E-state index contributed by atoms with van der Waals surface area (Å²) in [5.41, 5.74) is -0.906. The number of benzene rings is 2. The molecule has 1 unspecified atom stereocenters. The number of hydrogen-bond acceptors (Lipinski definition) is 5. The van der Waals surface area contributed by atoms with Crippen LogP contribution in [0.3, 0.4) is 0 Å². The lowest BCUT2D eigenvalue weighted by Gasteiger charge is -2.31. The van der Waals surface area contributed by atoms with Gasteiger partial charge in [0.2, 0.25) is 5.91 Å². The van der Waals surface area contributed by atoms with Crippen LogP contribution >= 0.6 is 11.6 Å². The molecule has 1 heterocycles. The second kappa shape index (κ2) is 11.1. The van der Waals surface area contributed by atoms with E-state index in [4.69, 9.17) is 21.1 Å². The van der Waals surface area contributed by atoms with E-state index in [1.165, 1.54) is 0 Å². The van der Waals surface area contributed by atoms with Crippen molar-refractivity contribution in [3.05, 3.63) is 40.9 Å². The lowest BCUT2D eigenvalue weighted by atomic mass is 9.96. The summed E-state index contributed by atoms with van der Waals surface area (Å²) >= 11 is 6.53. The van der Waals surface area contributed by atoms with Gasteiger partial charge >= 0.3 is 5.97 Å². The maximum absolute atomic E-state index is 13.4. The topological polar surface area (TPSA) is 84.9 Å². The second-order valence-corrected chi connectivity index (χ2v) is 9.31. The molecule has 34 heavy (non-hydrogen) atoms. The average Bonchev–Trinajstić information content (AvgIpc) is 2.83. The van der Waals surface area contributed by atoms with Gasteiger partial charge in [0.15, 0.2) is 0 Å². The summed E-state index contributed by atoms with van der Waals surface area (Å²) in [7, 11) is 0. The Morgan fingerprint density at radius 2 is 1.79 bits per heavy atom. The fourth-order valence-corrected chi connectivity index (χ4v) is 4.41. The maximum atomic E-state index is 13.4. The van der Waals surface area contributed by atoms with E-state index in [2.05, 4.69) is 5.32 Å². The molecule has 2 aromatic rings. The van der Waals surface area contributed by atoms with Crippen molar-refractivity contribution in [2.24, 2.45) is 5.92 Å². The van der Waals surface area contributed by atoms with Gasteiger partial charge in [-0.1, -0.05) is 42.8 Å². The Hall–Kier alpha value is -2.80. The van der Waals surface area contributed by atoms with Crippen molar-refractivity contribution in [1.29, 1.82) is 0 Å².